The van der Waals surface area contributed by atoms with Crippen LogP contribution in [0.15, 0.2) is 42.5 Å². The summed E-state index contributed by atoms with van der Waals surface area (Å²) in [4.78, 5) is 12.4. The van der Waals surface area contributed by atoms with Gasteiger partial charge in [0, 0.05) is 0 Å². The largest absolute Gasteiger partial charge is 0.493 e. The van der Waals surface area contributed by atoms with Gasteiger partial charge in [-0.2, -0.15) is 0 Å². The molecule has 0 bridgehead atoms. The Morgan fingerprint density at radius 2 is 1.64 bits per heavy atom. The molecule has 0 spiro atoms. The van der Waals surface area contributed by atoms with E-state index in [1.165, 1.54) is 5.56 Å². The van der Waals surface area contributed by atoms with Gasteiger partial charge < -0.3 is 19.5 Å². The highest BCUT2D eigenvalue weighted by molar-refractivity contribution is 5.78. The minimum absolute atomic E-state index is 0.0291. The quantitative estimate of drug-likeness (QED) is 0.719. The number of nitrogens with one attached hydrogen (secondary N) is 1. The summed E-state index contributed by atoms with van der Waals surface area (Å²) in [7, 11) is 3.20. The van der Waals surface area contributed by atoms with E-state index in [0.717, 1.165) is 12.0 Å². The van der Waals surface area contributed by atoms with Gasteiger partial charge in [-0.3, -0.25) is 4.79 Å². The Morgan fingerprint density at radius 3 is 2.18 bits per heavy atom. The molecule has 1 atom stereocenters. The number of carbonyl (C=O) groups is 1. The van der Waals surface area contributed by atoms with Crippen LogP contribution in [0.2, 0.25) is 0 Å². The second kappa shape index (κ2) is 9.49. The number of rotatable bonds is 8. The highest BCUT2D eigenvalue weighted by Crippen LogP contribution is 2.31. The second-order valence-corrected chi connectivity index (χ2v) is 7.71. The minimum Gasteiger partial charge on any atom is -0.493 e. The minimum atomic E-state index is -0.165. The monoisotopic (exact) mass is 385 g/mol. The lowest BCUT2D eigenvalue weighted by Gasteiger charge is -2.20. The summed E-state index contributed by atoms with van der Waals surface area (Å²) in [6, 6.07) is 13.4. The highest BCUT2D eigenvalue weighted by atomic mass is 16.5. The number of hydrogen-bond acceptors (Lipinski definition) is 4. The van der Waals surface area contributed by atoms with Crippen LogP contribution in [-0.2, 0) is 10.2 Å². The average Bonchev–Trinajstić information content (AvgIpc) is 2.69. The van der Waals surface area contributed by atoms with Crippen LogP contribution < -0.4 is 19.5 Å². The molecule has 2 aromatic carbocycles. The molecule has 0 unspecified atom stereocenters. The fourth-order valence-corrected chi connectivity index (χ4v) is 2.93. The predicted octanol–water partition coefficient (Wildman–Crippen LogP) is 4.65. The molecule has 0 aromatic heterocycles. The molecule has 0 fully saturated rings. The number of amides is 1. The topological polar surface area (TPSA) is 56.8 Å². The van der Waals surface area contributed by atoms with Crippen molar-refractivity contribution < 1.29 is 19.0 Å². The Kier molecular flexibility index (Phi) is 7.32. The zero-order valence-corrected chi connectivity index (χ0v) is 17.7. The Morgan fingerprint density at radius 1 is 1.00 bits per heavy atom. The molecule has 0 aliphatic rings. The average molecular weight is 386 g/mol. The molecule has 152 valence electrons. The van der Waals surface area contributed by atoms with Gasteiger partial charge in [0.05, 0.1) is 20.3 Å². The van der Waals surface area contributed by atoms with Gasteiger partial charge >= 0.3 is 0 Å². The summed E-state index contributed by atoms with van der Waals surface area (Å²) in [5, 5.41) is 3.02. The van der Waals surface area contributed by atoms with E-state index in [1.807, 2.05) is 49.4 Å². The zero-order chi connectivity index (χ0) is 20.7. The second-order valence-electron chi connectivity index (χ2n) is 7.71. The smallest absolute Gasteiger partial charge is 0.258 e. The molecule has 0 aliphatic heterocycles. The molecule has 2 aromatic rings. The first-order valence-corrected chi connectivity index (χ1v) is 9.53. The van der Waals surface area contributed by atoms with Crippen LogP contribution in [0.3, 0.4) is 0 Å². The first kappa shape index (κ1) is 21.6. The molecule has 0 aliphatic carbocycles. The molecule has 28 heavy (non-hydrogen) atoms. The molecule has 5 nitrogen and oxygen atoms in total. The molecule has 1 N–H and O–H groups in total. The zero-order valence-electron chi connectivity index (χ0n) is 17.7. The van der Waals surface area contributed by atoms with Crippen LogP contribution in [0, 0.1) is 0 Å². The van der Waals surface area contributed by atoms with Gasteiger partial charge in [-0.15, -0.1) is 0 Å². The summed E-state index contributed by atoms with van der Waals surface area (Å²) in [5.74, 6) is 1.82. The van der Waals surface area contributed by atoms with E-state index in [0.29, 0.717) is 17.2 Å². The Balaban J connectivity index is 1.97. The molecule has 1 amide bonds. The molecule has 0 saturated carbocycles. The summed E-state index contributed by atoms with van der Waals surface area (Å²) in [6.07, 6.45) is 0.751. The molecule has 0 radical (unpaired) electrons. The maximum atomic E-state index is 12.4. The molecule has 0 saturated heterocycles. The third kappa shape index (κ3) is 5.65. The van der Waals surface area contributed by atoms with E-state index in [-0.39, 0.29) is 24.0 Å². The van der Waals surface area contributed by atoms with E-state index in [9.17, 15) is 4.79 Å². The third-order valence-corrected chi connectivity index (χ3v) is 4.64. The number of hydrogen-bond donors (Lipinski definition) is 1. The van der Waals surface area contributed by atoms with Crippen molar-refractivity contribution in [3.05, 3.63) is 53.6 Å². The van der Waals surface area contributed by atoms with Gasteiger partial charge in [-0.1, -0.05) is 45.9 Å². The van der Waals surface area contributed by atoms with E-state index >= 15 is 0 Å². The van der Waals surface area contributed by atoms with E-state index in [2.05, 4.69) is 26.1 Å². The van der Waals surface area contributed by atoms with Gasteiger partial charge in [-0.05, 0) is 47.2 Å². The van der Waals surface area contributed by atoms with Crippen LogP contribution in [0.4, 0.5) is 0 Å². The van der Waals surface area contributed by atoms with Crippen LogP contribution in [0.25, 0.3) is 0 Å². The van der Waals surface area contributed by atoms with Gasteiger partial charge in [0.2, 0.25) is 0 Å². The van der Waals surface area contributed by atoms with Crippen LogP contribution in [-0.4, -0.2) is 26.7 Å². The fourth-order valence-electron chi connectivity index (χ4n) is 2.93. The van der Waals surface area contributed by atoms with E-state index in [1.54, 1.807) is 14.2 Å². The van der Waals surface area contributed by atoms with Crippen LogP contribution in [0.1, 0.15) is 51.3 Å². The van der Waals surface area contributed by atoms with Crippen molar-refractivity contribution in [3.8, 4) is 17.2 Å². The highest BCUT2D eigenvalue weighted by Gasteiger charge is 2.16. The molecular weight excluding hydrogens is 354 g/mol. The van der Waals surface area contributed by atoms with Gasteiger partial charge in [0.25, 0.3) is 5.91 Å². The molecule has 2 rings (SSSR count). The lowest BCUT2D eigenvalue weighted by atomic mass is 9.87. The van der Waals surface area contributed by atoms with Crippen molar-refractivity contribution in [3.63, 3.8) is 0 Å². The summed E-state index contributed by atoms with van der Waals surface area (Å²) < 4.78 is 16.3. The van der Waals surface area contributed by atoms with Crippen molar-refractivity contribution >= 4 is 5.91 Å². The van der Waals surface area contributed by atoms with E-state index < -0.39 is 0 Å². The van der Waals surface area contributed by atoms with Gasteiger partial charge in [-0.25, -0.2) is 0 Å². The Labute approximate surface area is 168 Å². The number of carbonyl (C=O) groups excluding carboxylic acids is 1. The van der Waals surface area contributed by atoms with Crippen LogP contribution >= 0.6 is 0 Å². The number of benzene rings is 2. The van der Waals surface area contributed by atoms with Crippen LogP contribution in [0.5, 0.6) is 17.2 Å². The maximum Gasteiger partial charge on any atom is 0.258 e. The maximum absolute atomic E-state index is 12.4. The normalized spacial score (nSPS) is 12.2. The number of ether oxygens (including phenoxy) is 3. The first-order chi connectivity index (χ1) is 13.3. The summed E-state index contributed by atoms with van der Waals surface area (Å²) in [5.41, 5.74) is 2.27. The number of methoxy groups -OCH3 is 2. The molecule has 0 heterocycles. The SMILES string of the molecule is CC[C@@H](NC(=O)COc1ccc(C(C)(C)C)cc1)c1ccc(OC)c(OC)c1. The van der Waals surface area contributed by atoms with Gasteiger partial charge in [0.1, 0.15) is 5.75 Å². The van der Waals surface area contributed by atoms with Crippen molar-refractivity contribution in [2.45, 2.75) is 45.6 Å². The van der Waals surface area contributed by atoms with Gasteiger partial charge in [0.15, 0.2) is 18.1 Å². The van der Waals surface area contributed by atoms with Crippen molar-refractivity contribution in [2.75, 3.05) is 20.8 Å². The Bertz CT molecular complexity index is 778. The summed E-state index contributed by atoms with van der Waals surface area (Å²) in [6.45, 7) is 8.48. The van der Waals surface area contributed by atoms with E-state index in [4.69, 9.17) is 14.2 Å². The van der Waals surface area contributed by atoms with Crippen molar-refractivity contribution in [1.82, 2.24) is 5.32 Å². The summed E-state index contributed by atoms with van der Waals surface area (Å²) >= 11 is 0. The first-order valence-electron chi connectivity index (χ1n) is 9.53. The van der Waals surface area contributed by atoms with Crippen molar-refractivity contribution in [2.24, 2.45) is 0 Å². The van der Waals surface area contributed by atoms with Crippen molar-refractivity contribution in [1.29, 1.82) is 0 Å². The standard InChI is InChI=1S/C23H31NO4/c1-7-19(16-8-13-20(26-5)21(14-16)27-6)24-22(25)15-28-18-11-9-17(10-12-18)23(2,3)4/h8-14,19H,7,15H2,1-6H3,(H,24,25)/t19-/m1/s1. The predicted molar refractivity (Wildman–Crippen MR) is 111 cm³/mol. The Hall–Kier alpha value is -2.69. The third-order valence-electron chi connectivity index (χ3n) is 4.64. The molecule has 5 heteroatoms. The lowest BCUT2D eigenvalue weighted by Crippen LogP contribution is -2.32. The lowest BCUT2D eigenvalue weighted by molar-refractivity contribution is -0.123. The molecular formula is C23H31NO4. The fraction of sp³-hybridized carbons (Fsp3) is 0.435.